The molecule has 3 aromatic rings. The molecule has 8 rings (SSSR count). The first kappa shape index (κ1) is 27.9. The van der Waals surface area contributed by atoms with E-state index in [-0.39, 0.29) is 6.04 Å². The number of methoxy groups -OCH3 is 2. The van der Waals surface area contributed by atoms with Crippen molar-refractivity contribution in [2.45, 2.75) is 75.9 Å². The molecule has 2 aromatic carbocycles. The minimum absolute atomic E-state index is 0.217. The van der Waals surface area contributed by atoms with Crippen molar-refractivity contribution in [3.05, 3.63) is 70.8 Å². The number of rotatable bonds is 8. The Kier molecular flexibility index (Phi) is 7.42. The second-order valence-electron chi connectivity index (χ2n) is 12.7. The molecule has 2 saturated heterocycles. The lowest BCUT2D eigenvalue weighted by atomic mass is 9.87. The van der Waals surface area contributed by atoms with E-state index in [1.165, 1.54) is 5.70 Å². The van der Waals surface area contributed by atoms with Gasteiger partial charge in [-0.15, -0.1) is 0 Å². The minimum atomic E-state index is 0.217. The molecule has 4 atom stereocenters. The van der Waals surface area contributed by atoms with Crippen molar-refractivity contribution >= 4 is 5.70 Å². The summed E-state index contributed by atoms with van der Waals surface area (Å²) in [4.78, 5) is 8.30. The van der Waals surface area contributed by atoms with Crippen LogP contribution in [0.1, 0.15) is 67.1 Å². The van der Waals surface area contributed by atoms with Gasteiger partial charge in [0.1, 0.15) is 30.5 Å². The third kappa shape index (κ3) is 5.11. The largest absolute Gasteiger partial charge is 0.488 e. The molecule has 6 heterocycles. The van der Waals surface area contributed by atoms with Crippen molar-refractivity contribution in [1.29, 1.82) is 0 Å². The highest BCUT2D eigenvalue weighted by molar-refractivity contribution is 5.88. The first-order chi connectivity index (χ1) is 21.7. The van der Waals surface area contributed by atoms with Crippen LogP contribution >= 0.6 is 0 Å². The SMILES string of the molecule is COCC1CC[C@@H](c2ncc(-c3cc4c5c(c3)OCc3cc(C6=CCCC=C([C@@H]7CC[C@H](COC)N7)N6)cc(c3-5)OC4)[nH]2)N1. The van der Waals surface area contributed by atoms with E-state index in [1.807, 2.05) is 6.20 Å². The summed E-state index contributed by atoms with van der Waals surface area (Å²) < 4.78 is 23.6. The van der Waals surface area contributed by atoms with E-state index in [4.69, 9.17) is 23.9 Å². The zero-order valence-electron chi connectivity index (χ0n) is 25.5. The van der Waals surface area contributed by atoms with E-state index in [9.17, 15) is 0 Å². The van der Waals surface area contributed by atoms with E-state index in [0.29, 0.717) is 31.3 Å². The van der Waals surface area contributed by atoms with Crippen molar-refractivity contribution in [2.24, 2.45) is 0 Å². The number of hydrogen-bond donors (Lipinski definition) is 4. The van der Waals surface area contributed by atoms with Gasteiger partial charge in [0, 0.05) is 77.1 Å². The van der Waals surface area contributed by atoms with Crippen molar-refractivity contribution in [3.8, 4) is 33.9 Å². The Morgan fingerprint density at radius 2 is 1.41 bits per heavy atom. The van der Waals surface area contributed by atoms with Crippen LogP contribution in [0.5, 0.6) is 11.5 Å². The lowest BCUT2D eigenvalue weighted by molar-refractivity contribution is 0.171. The minimum Gasteiger partial charge on any atom is -0.488 e. The fourth-order valence-electron chi connectivity index (χ4n) is 7.56. The number of ether oxygens (including phenoxy) is 4. The Balaban J connectivity index is 1.05. The van der Waals surface area contributed by atoms with Gasteiger partial charge in [0.05, 0.1) is 31.1 Å². The second-order valence-corrected chi connectivity index (χ2v) is 12.7. The Morgan fingerprint density at radius 3 is 2.14 bits per heavy atom. The maximum absolute atomic E-state index is 6.46. The van der Waals surface area contributed by atoms with Gasteiger partial charge in [-0.2, -0.15) is 0 Å². The molecular formula is C35H41N5O4. The van der Waals surface area contributed by atoms with Crippen molar-refractivity contribution in [2.75, 3.05) is 27.4 Å². The third-order valence-corrected chi connectivity index (χ3v) is 9.68. The molecule has 230 valence electrons. The molecule has 0 amide bonds. The molecule has 0 bridgehead atoms. The van der Waals surface area contributed by atoms with E-state index in [1.54, 1.807) is 14.2 Å². The summed E-state index contributed by atoms with van der Waals surface area (Å²) in [6, 6.07) is 10.2. The van der Waals surface area contributed by atoms with E-state index < -0.39 is 0 Å². The summed E-state index contributed by atoms with van der Waals surface area (Å²) in [5, 5.41) is 11.2. The molecule has 1 unspecified atom stereocenters. The zero-order chi connectivity index (χ0) is 29.6. The smallest absolute Gasteiger partial charge is 0.128 e. The average Bonchev–Trinajstić information content (AvgIpc) is 3.79. The topological polar surface area (TPSA) is 102 Å². The van der Waals surface area contributed by atoms with E-state index in [0.717, 1.165) is 114 Å². The Hall–Kier alpha value is -3.63. The van der Waals surface area contributed by atoms with Crippen molar-refractivity contribution in [1.82, 2.24) is 25.9 Å². The van der Waals surface area contributed by atoms with Gasteiger partial charge in [-0.05, 0) is 62.8 Å². The molecule has 9 nitrogen and oxygen atoms in total. The van der Waals surface area contributed by atoms with Crippen molar-refractivity contribution < 1.29 is 18.9 Å². The molecule has 0 aliphatic carbocycles. The van der Waals surface area contributed by atoms with Crippen LogP contribution in [-0.4, -0.2) is 55.5 Å². The van der Waals surface area contributed by atoms with Crippen LogP contribution in [0.2, 0.25) is 0 Å². The zero-order valence-corrected chi connectivity index (χ0v) is 25.5. The van der Waals surface area contributed by atoms with E-state index >= 15 is 0 Å². The molecule has 4 N–H and O–H groups in total. The number of nitrogens with one attached hydrogen (secondary N) is 4. The molecule has 44 heavy (non-hydrogen) atoms. The lowest BCUT2D eigenvalue weighted by Crippen LogP contribution is -2.37. The van der Waals surface area contributed by atoms with Gasteiger partial charge >= 0.3 is 0 Å². The van der Waals surface area contributed by atoms with Crippen LogP contribution < -0.4 is 25.4 Å². The highest BCUT2D eigenvalue weighted by Gasteiger charge is 2.32. The van der Waals surface area contributed by atoms with Gasteiger partial charge < -0.3 is 39.9 Å². The first-order valence-corrected chi connectivity index (χ1v) is 16.0. The number of nitrogens with zero attached hydrogens (tertiary/aromatic N) is 1. The number of imidazole rings is 1. The first-order valence-electron chi connectivity index (χ1n) is 16.0. The third-order valence-electron chi connectivity index (χ3n) is 9.68. The average molecular weight is 596 g/mol. The Morgan fingerprint density at radius 1 is 0.773 bits per heavy atom. The van der Waals surface area contributed by atoms with E-state index in [2.05, 4.69) is 57.4 Å². The second kappa shape index (κ2) is 11.7. The quantitative estimate of drug-likeness (QED) is 0.277. The normalized spacial score (nSPS) is 25.3. The molecule has 1 aromatic heterocycles. The molecule has 5 aliphatic heterocycles. The van der Waals surface area contributed by atoms with Gasteiger partial charge in [-0.3, -0.25) is 0 Å². The predicted octanol–water partition coefficient (Wildman–Crippen LogP) is 5.34. The lowest BCUT2D eigenvalue weighted by Gasteiger charge is -2.31. The standard InChI is InChI=1S/C35H41N5O4/c1-41-18-24-7-9-28(37-24)27-6-4-3-5-26(39-27)20-11-22-16-44-32-14-21(12-23-17-43-31(13-20)33(22)34(23)32)30-15-36-35(40-30)29-10-8-25(38-29)19-42-2/h5-6,11-15,24-25,28-29,37-39H,3-4,7-10,16-19H2,1-2H3,(H,36,40)/t24-,25?,28+,29+/m1/s1. The van der Waals surface area contributed by atoms with Crippen LogP contribution in [0.4, 0.5) is 0 Å². The molecule has 0 radical (unpaired) electrons. The number of benzene rings is 2. The molecule has 9 heteroatoms. The number of allylic oxidation sites excluding steroid dienone is 2. The highest BCUT2D eigenvalue weighted by atomic mass is 16.5. The van der Waals surface area contributed by atoms with Crippen LogP contribution in [0, 0.1) is 0 Å². The molecular weight excluding hydrogens is 554 g/mol. The van der Waals surface area contributed by atoms with Gasteiger partial charge in [0.2, 0.25) is 0 Å². The highest BCUT2D eigenvalue weighted by Crippen LogP contribution is 2.50. The fraction of sp³-hybridized carbons (Fsp3) is 0.457. The van der Waals surface area contributed by atoms with Crippen LogP contribution in [0.15, 0.2) is 48.3 Å². The summed E-state index contributed by atoms with van der Waals surface area (Å²) >= 11 is 0. The molecule has 2 fully saturated rings. The Labute approximate surface area is 258 Å². The summed E-state index contributed by atoms with van der Waals surface area (Å²) in [6.07, 6.45) is 13.0. The summed E-state index contributed by atoms with van der Waals surface area (Å²) in [7, 11) is 3.53. The Bertz CT molecular complexity index is 1580. The van der Waals surface area contributed by atoms with Crippen LogP contribution in [-0.2, 0) is 22.7 Å². The summed E-state index contributed by atoms with van der Waals surface area (Å²) in [5.41, 5.74) is 10.2. The van der Waals surface area contributed by atoms with Crippen molar-refractivity contribution in [3.63, 3.8) is 0 Å². The molecule has 0 spiro atoms. The van der Waals surface area contributed by atoms with Crippen LogP contribution in [0.3, 0.4) is 0 Å². The maximum atomic E-state index is 6.46. The van der Waals surface area contributed by atoms with Gasteiger partial charge in [-0.25, -0.2) is 4.98 Å². The van der Waals surface area contributed by atoms with Gasteiger partial charge in [0.25, 0.3) is 0 Å². The summed E-state index contributed by atoms with van der Waals surface area (Å²) in [6.45, 7) is 2.49. The van der Waals surface area contributed by atoms with Gasteiger partial charge in [0.15, 0.2) is 0 Å². The number of aromatic nitrogens is 2. The van der Waals surface area contributed by atoms with Gasteiger partial charge in [-0.1, -0.05) is 12.2 Å². The molecule has 5 aliphatic rings. The monoisotopic (exact) mass is 595 g/mol. The molecule has 0 saturated carbocycles. The van der Waals surface area contributed by atoms with Crippen LogP contribution in [0.25, 0.3) is 28.1 Å². The maximum Gasteiger partial charge on any atom is 0.128 e. The predicted molar refractivity (Wildman–Crippen MR) is 169 cm³/mol. The number of H-pyrrole nitrogens is 1. The number of hydrogen-bond acceptors (Lipinski definition) is 8. The number of aromatic amines is 1. The fourth-order valence-corrected chi connectivity index (χ4v) is 7.56. The summed E-state index contributed by atoms with van der Waals surface area (Å²) in [5.74, 6) is 2.81.